The zero-order valence-corrected chi connectivity index (χ0v) is 15.0. The normalized spacial score (nSPS) is 13.8. The molecule has 1 atom stereocenters. The van der Waals surface area contributed by atoms with Crippen LogP contribution < -0.4 is 10.0 Å². The van der Waals surface area contributed by atoms with Crippen LogP contribution in [0.15, 0.2) is 12.1 Å². The molecule has 7 heteroatoms. The second-order valence-corrected chi connectivity index (χ2v) is 8.35. The summed E-state index contributed by atoms with van der Waals surface area (Å²) < 4.78 is 28.6. The van der Waals surface area contributed by atoms with E-state index in [9.17, 15) is 8.42 Å². The maximum Gasteiger partial charge on any atom is 0.279 e. The highest BCUT2D eigenvalue weighted by molar-refractivity contribution is 7.87. The smallest absolute Gasteiger partial charge is 0.279 e. The van der Waals surface area contributed by atoms with Crippen molar-refractivity contribution >= 4 is 21.5 Å². The summed E-state index contributed by atoms with van der Waals surface area (Å²) in [6, 6.07) is 3.78. The lowest BCUT2D eigenvalue weighted by atomic mass is 10.3. The fourth-order valence-electron chi connectivity index (χ4n) is 1.91. The molecule has 0 aromatic carbocycles. The third-order valence-electron chi connectivity index (χ3n) is 3.18. The summed E-state index contributed by atoms with van der Waals surface area (Å²) in [7, 11) is -1.81. The molecule has 0 aliphatic carbocycles. The van der Waals surface area contributed by atoms with E-state index in [1.54, 1.807) is 18.4 Å². The van der Waals surface area contributed by atoms with Crippen molar-refractivity contribution in [3.8, 4) is 0 Å². The first-order chi connectivity index (χ1) is 9.86. The number of nitrogens with one attached hydrogen (secondary N) is 2. The summed E-state index contributed by atoms with van der Waals surface area (Å²) in [5.41, 5.74) is 0. The number of rotatable bonds is 10. The van der Waals surface area contributed by atoms with Crippen molar-refractivity contribution in [1.82, 2.24) is 14.3 Å². The molecule has 1 aromatic heterocycles. The van der Waals surface area contributed by atoms with Crippen molar-refractivity contribution in [1.29, 1.82) is 0 Å². The van der Waals surface area contributed by atoms with Crippen molar-refractivity contribution in [3.63, 3.8) is 0 Å². The summed E-state index contributed by atoms with van der Waals surface area (Å²) in [5.74, 6) is 0. The molecule has 1 rings (SSSR count). The van der Waals surface area contributed by atoms with Crippen LogP contribution in [-0.2, 0) is 10.2 Å². The number of hydrogen-bond donors (Lipinski definition) is 2. The first-order valence-electron chi connectivity index (χ1n) is 7.37. The summed E-state index contributed by atoms with van der Waals surface area (Å²) in [6.07, 6.45) is 1.90. The van der Waals surface area contributed by atoms with Crippen LogP contribution in [-0.4, -0.2) is 39.4 Å². The van der Waals surface area contributed by atoms with E-state index in [1.165, 1.54) is 9.18 Å². The van der Waals surface area contributed by atoms with Crippen LogP contribution in [0, 0.1) is 6.92 Å². The van der Waals surface area contributed by atoms with Gasteiger partial charge in [0.1, 0.15) is 0 Å². The predicted octanol–water partition coefficient (Wildman–Crippen LogP) is 2.27. The standard InChI is InChI=1S/C14H27N3O2S2/c1-5-9-15-10-6-11-17(4)21(18,19)16-13(3)14-8-7-12(2)20-14/h7-8,13,15-16H,5-6,9-11H2,1-4H3. The molecule has 122 valence electrons. The Hall–Kier alpha value is -0.470. The lowest BCUT2D eigenvalue weighted by Gasteiger charge is -2.20. The summed E-state index contributed by atoms with van der Waals surface area (Å²) in [5, 5.41) is 3.27. The number of hydrogen-bond acceptors (Lipinski definition) is 4. The van der Waals surface area contributed by atoms with E-state index in [0.29, 0.717) is 6.54 Å². The van der Waals surface area contributed by atoms with Gasteiger partial charge >= 0.3 is 0 Å². The van der Waals surface area contributed by atoms with E-state index in [0.717, 1.165) is 30.8 Å². The second-order valence-electron chi connectivity index (χ2n) is 5.22. The van der Waals surface area contributed by atoms with E-state index >= 15 is 0 Å². The van der Waals surface area contributed by atoms with Crippen molar-refractivity contribution < 1.29 is 8.42 Å². The van der Waals surface area contributed by atoms with Crippen LogP contribution in [0.2, 0.25) is 0 Å². The van der Waals surface area contributed by atoms with Gasteiger partial charge < -0.3 is 5.32 Å². The van der Waals surface area contributed by atoms with Gasteiger partial charge in [-0.25, -0.2) is 0 Å². The van der Waals surface area contributed by atoms with Gasteiger partial charge in [-0.1, -0.05) is 6.92 Å². The molecule has 0 fully saturated rings. The van der Waals surface area contributed by atoms with Gasteiger partial charge in [0.05, 0.1) is 6.04 Å². The fourth-order valence-corrected chi connectivity index (χ4v) is 3.98. The van der Waals surface area contributed by atoms with Crippen molar-refractivity contribution in [2.24, 2.45) is 0 Å². The van der Waals surface area contributed by atoms with Crippen LogP contribution in [0.4, 0.5) is 0 Å². The van der Waals surface area contributed by atoms with Gasteiger partial charge in [0, 0.05) is 23.3 Å². The molecule has 0 aliphatic heterocycles. The minimum Gasteiger partial charge on any atom is -0.317 e. The first-order valence-corrected chi connectivity index (χ1v) is 9.63. The zero-order chi connectivity index (χ0) is 15.9. The molecule has 5 nitrogen and oxygen atoms in total. The molecule has 1 unspecified atom stereocenters. The molecule has 2 N–H and O–H groups in total. The van der Waals surface area contributed by atoms with Gasteiger partial charge in [0.2, 0.25) is 0 Å². The second kappa shape index (κ2) is 8.85. The Kier molecular flexibility index (Phi) is 7.83. The topological polar surface area (TPSA) is 61.4 Å². The molecule has 1 heterocycles. The highest BCUT2D eigenvalue weighted by Crippen LogP contribution is 2.23. The van der Waals surface area contributed by atoms with E-state index in [2.05, 4.69) is 17.0 Å². The summed E-state index contributed by atoms with van der Waals surface area (Å²) in [6.45, 7) is 8.34. The van der Waals surface area contributed by atoms with E-state index in [4.69, 9.17) is 0 Å². The number of nitrogens with zero attached hydrogens (tertiary/aromatic N) is 1. The highest BCUT2D eigenvalue weighted by Gasteiger charge is 2.21. The van der Waals surface area contributed by atoms with Gasteiger partial charge in [-0.3, -0.25) is 0 Å². The Balaban J connectivity index is 2.44. The molecule has 0 saturated carbocycles. The summed E-state index contributed by atoms with van der Waals surface area (Å²) >= 11 is 1.62. The molecule has 0 bridgehead atoms. The quantitative estimate of drug-likeness (QED) is 0.646. The molecule has 0 radical (unpaired) electrons. The predicted molar refractivity (Wildman–Crippen MR) is 89.9 cm³/mol. The van der Waals surface area contributed by atoms with E-state index < -0.39 is 10.2 Å². The molecule has 21 heavy (non-hydrogen) atoms. The molecule has 1 aromatic rings. The lowest BCUT2D eigenvalue weighted by molar-refractivity contribution is 0.439. The Morgan fingerprint density at radius 2 is 2.05 bits per heavy atom. The van der Waals surface area contributed by atoms with Crippen LogP contribution >= 0.6 is 11.3 Å². The van der Waals surface area contributed by atoms with Crippen LogP contribution in [0.5, 0.6) is 0 Å². The molecule has 0 aliphatic rings. The maximum atomic E-state index is 12.2. The van der Waals surface area contributed by atoms with Gasteiger partial charge in [0.15, 0.2) is 0 Å². The lowest BCUT2D eigenvalue weighted by Crippen LogP contribution is -2.40. The minimum absolute atomic E-state index is 0.200. The average Bonchev–Trinajstić information content (AvgIpc) is 2.84. The Morgan fingerprint density at radius 1 is 1.33 bits per heavy atom. The number of thiophene rings is 1. The average molecular weight is 334 g/mol. The van der Waals surface area contributed by atoms with E-state index in [1.807, 2.05) is 26.0 Å². The van der Waals surface area contributed by atoms with Crippen molar-refractivity contribution in [2.45, 2.75) is 39.7 Å². The largest absolute Gasteiger partial charge is 0.317 e. The van der Waals surface area contributed by atoms with Crippen molar-refractivity contribution in [3.05, 3.63) is 21.9 Å². The van der Waals surface area contributed by atoms with Gasteiger partial charge in [0.25, 0.3) is 10.2 Å². The SMILES string of the molecule is CCCNCCCN(C)S(=O)(=O)NC(C)c1ccc(C)s1. The van der Waals surface area contributed by atoms with Crippen molar-refractivity contribution in [2.75, 3.05) is 26.7 Å². The Bertz CT molecular complexity index is 514. The summed E-state index contributed by atoms with van der Waals surface area (Å²) in [4.78, 5) is 2.22. The monoisotopic (exact) mass is 333 g/mol. The first kappa shape index (κ1) is 18.6. The molecular weight excluding hydrogens is 306 g/mol. The molecule has 0 saturated heterocycles. The van der Waals surface area contributed by atoms with Crippen LogP contribution in [0.25, 0.3) is 0 Å². The van der Waals surface area contributed by atoms with E-state index in [-0.39, 0.29) is 6.04 Å². The third-order valence-corrected chi connectivity index (χ3v) is 6.02. The van der Waals surface area contributed by atoms with Crippen LogP contribution in [0.1, 0.15) is 42.5 Å². The maximum absolute atomic E-state index is 12.2. The third kappa shape index (κ3) is 6.44. The van der Waals surface area contributed by atoms with Gasteiger partial charge in [-0.15, -0.1) is 11.3 Å². The van der Waals surface area contributed by atoms with Gasteiger partial charge in [-0.2, -0.15) is 17.4 Å². The minimum atomic E-state index is -3.43. The molecular formula is C14H27N3O2S2. The zero-order valence-electron chi connectivity index (χ0n) is 13.3. The Morgan fingerprint density at radius 3 is 2.62 bits per heavy atom. The Labute approximate surface area is 132 Å². The fraction of sp³-hybridized carbons (Fsp3) is 0.714. The van der Waals surface area contributed by atoms with Gasteiger partial charge in [-0.05, 0) is 51.9 Å². The molecule has 0 spiro atoms. The highest BCUT2D eigenvalue weighted by atomic mass is 32.2. The van der Waals surface area contributed by atoms with Crippen LogP contribution in [0.3, 0.4) is 0 Å². The number of aryl methyl sites for hydroxylation is 1. The molecule has 0 amide bonds.